The minimum absolute atomic E-state index is 0.0367. The summed E-state index contributed by atoms with van der Waals surface area (Å²) in [6, 6.07) is 21.4. The zero-order valence-corrected chi connectivity index (χ0v) is 16.1. The van der Waals surface area contributed by atoms with Crippen LogP contribution in [0.1, 0.15) is 21.7 Å². The maximum Gasteiger partial charge on any atom is 0.295 e. The van der Waals surface area contributed by atoms with E-state index in [0.717, 1.165) is 22.4 Å². The van der Waals surface area contributed by atoms with Crippen molar-refractivity contribution in [3.05, 3.63) is 95.6 Å². The van der Waals surface area contributed by atoms with Gasteiger partial charge in [0.05, 0.1) is 11.4 Å². The predicted octanol–water partition coefficient (Wildman–Crippen LogP) is 4.94. The average molecular weight is 386 g/mol. The van der Waals surface area contributed by atoms with Crippen molar-refractivity contribution in [2.75, 3.05) is 5.32 Å². The van der Waals surface area contributed by atoms with Gasteiger partial charge < -0.3 is 5.32 Å². The molecule has 29 heavy (non-hydrogen) atoms. The zero-order chi connectivity index (χ0) is 20.4. The number of aromatic nitrogens is 3. The Kier molecular flexibility index (Phi) is 4.91. The number of halogens is 1. The van der Waals surface area contributed by atoms with Gasteiger partial charge >= 0.3 is 0 Å². The molecule has 5 nitrogen and oxygen atoms in total. The topological polar surface area (TPSA) is 59.8 Å². The number of anilines is 1. The van der Waals surface area contributed by atoms with Crippen LogP contribution in [0.15, 0.2) is 72.8 Å². The van der Waals surface area contributed by atoms with Crippen LogP contribution in [0.2, 0.25) is 0 Å². The fourth-order valence-electron chi connectivity index (χ4n) is 2.96. The SMILES string of the molecule is Cc1ccc(-n2nc(C(=O)Nc3ccccc3F)nc2-c2ccccc2)cc1C. The maximum absolute atomic E-state index is 13.9. The fourth-order valence-corrected chi connectivity index (χ4v) is 2.96. The summed E-state index contributed by atoms with van der Waals surface area (Å²) in [4.78, 5) is 17.2. The van der Waals surface area contributed by atoms with E-state index in [1.165, 1.54) is 12.1 Å². The van der Waals surface area contributed by atoms with E-state index in [1.54, 1.807) is 16.8 Å². The van der Waals surface area contributed by atoms with Crippen LogP contribution in [0.5, 0.6) is 0 Å². The molecule has 1 aromatic heterocycles. The molecule has 0 radical (unpaired) electrons. The smallest absolute Gasteiger partial charge is 0.295 e. The van der Waals surface area contributed by atoms with Crippen molar-refractivity contribution in [1.82, 2.24) is 14.8 Å². The quantitative estimate of drug-likeness (QED) is 0.540. The number of nitrogens with zero attached hydrogens (tertiary/aromatic N) is 3. The van der Waals surface area contributed by atoms with E-state index in [2.05, 4.69) is 15.4 Å². The molecule has 1 heterocycles. The molecule has 0 unspecified atom stereocenters. The number of carbonyl (C=O) groups excluding carboxylic acids is 1. The van der Waals surface area contributed by atoms with Gasteiger partial charge in [-0.1, -0.05) is 48.5 Å². The Morgan fingerprint density at radius 2 is 1.66 bits per heavy atom. The van der Waals surface area contributed by atoms with Gasteiger partial charge in [-0.25, -0.2) is 14.1 Å². The largest absolute Gasteiger partial charge is 0.317 e. The van der Waals surface area contributed by atoms with Crippen molar-refractivity contribution in [3.63, 3.8) is 0 Å². The molecule has 0 atom stereocenters. The Morgan fingerprint density at radius 3 is 2.38 bits per heavy atom. The molecule has 6 heteroatoms. The molecule has 0 aliphatic carbocycles. The Bertz CT molecular complexity index is 1180. The number of hydrogen-bond acceptors (Lipinski definition) is 3. The predicted molar refractivity (Wildman–Crippen MR) is 111 cm³/mol. The third-order valence-corrected chi connectivity index (χ3v) is 4.70. The number of para-hydroxylation sites is 1. The number of amides is 1. The van der Waals surface area contributed by atoms with Crippen molar-refractivity contribution in [2.45, 2.75) is 13.8 Å². The van der Waals surface area contributed by atoms with E-state index < -0.39 is 11.7 Å². The van der Waals surface area contributed by atoms with Crippen molar-refractivity contribution < 1.29 is 9.18 Å². The van der Waals surface area contributed by atoms with Crippen molar-refractivity contribution in [1.29, 1.82) is 0 Å². The molecule has 3 aromatic carbocycles. The maximum atomic E-state index is 13.9. The summed E-state index contributed by atoms with van der Waals surface area (Å²) in [7, 11) is 0. The monoisotopic (exact) mass is 386 g/mol. The average Bonchev–Trinajstić information content (AvgIpc) is 3.18. The lowest BCUT2D eigenvalue weighted by Gasteiger charge is -2.08. The number of benzene rings is 3. The van der Waals surface area contributed by atoms with E-state index in [1.807, 2.05) is 62.4 Å². The van der Waals surface area contributed by atoms with Crippen molar-refractivity contribution in [3.8, 4) is 17.1 Å². The number of aryl methyl sites for hydroxylation is 2. The number of hydrogen-bond donors (Lipinski definition) is 1. The normalized spacial score (nSPS) is 10.7. The van der Waals surface area contributed by atoms with Crippen LogP contribution in [-0.4, -0.2) is 20.7 Å². The second-order valence-electron chi connectivity index (χ2n) is 6.74. The van der Waals surface area contributed by atoms with Crippen molar-refractivity contribution >= 4 is 11.6 Å². The standard InChI is InChI=1S/C23H19FN4O/c1-15-12-13-18(14-16(15)2)28-22(17-8-4-3-5-9-17)26-21(27-28)23(29)25-20-11-7-6-10-19(20)24/h3-14H,1-2H3,(H,25,29). The van der Waals surface area contributed by atoms with Gasteiger partial charge in [-0.3, -0.25) is 4.79 Å². The highest BCUT2D eigenvalue weighted by Gasteiger charge is 2.20. The Balaban J connectivity index is 1.78. The zero-order valence-electron chi connectivity index (χ0n) is 16.1. The Labute approximate surface area is 167 Å². The van der Waals surface area contributed by atoms with Crippen LogP contribution < -0.4 is 5.32 Å². The summed E-state index contributed by atoms with van der Waals surface area (Å²) < 4.78 is 15.5. The van der Waals surface area contributed by atoms with Crippen LogP contribution in [0.4, 0.5) is 10.1 Å². The summed E-state index contributed by atoms with van der Waals surface area (Å²) in [5, 5.41) is 6.96. The van der Waals surface area contributed by atoms with E-state index in [0.29, 0.717) is 5.82 Å². The van der Waals surface area contributed by atoms with Gasteiger partial charge in [0.25, 0.3) is 5.91 Å². The van der Waals surface area contributed by atoms with Gasteiger partial charge in [-0.2, -0.15) is 0 Å². The molecule has 0 spiro atoms. The highest BCUT2D eigenvalue weighted by Crippen LogP contribution is 2.23. The van der Waals surface area contributed by atoms with E-state index in [-0.39, 0.29) is 11.5 Å². The lowest BCUT2D eigenvalue weighted by Crippen LogP contribution is -2.15. The first-order valence-corrected chi connectivity index (χ1v) is 9.19. The van der Waals surface area contributed by atoms with Crippen LogP contribution in [0, 0.1) is 19.7 Å². The molecule has 144 valence electrons. The minimum Gasteiger partial charge on any atom is -0.317 e. The van der Waals surface area contributed by atoms with E-state index in [9.17, 15) is 9.18 Å². The highest BCUT2D eigenvalue weighted by atomic mass is 19.1. The number of nitrogens with one attached hydrogen (secondary N) is 1. The first-order valence-electron chi connectivity index (χ1n) is 9.19. The molecular weight excluding hydrogens is 367 g/mol. The van der Waals surface area contributed by atoms with Crippen LogP contribution in [0.3, 0.4) is 0 Å². The molecule has 1 N–H and O–H groups in total. The first kappa shape index (κ1) is 18.6. The van der Waals surface area contributed by atoms with Crippen LogP contribution >= 0.6 is 0 Å². The second-order valence-corrected chi connectivity index (χ2v) is 6.74. The first-order chi connectivity index (χ1) is 14.0. The summed E-state index contributed by atoms with van der Waals surface area (Å²) in [6.45, 7) is 4.05. The third-order valence-electron chi connectivity index (χ3n) is 4.70. The highest BCUT2D eigenvalue weighted by molar-refractivity contribution is 6.01. The fraction of sp³-hybridized carbons (Fsp3) is 0.0870. The van der Waals surface area contributed by atoms with Gasteiger partial charge in [0.15, 0.2) is 5.82 Å². The summed E-state index contributed by atoms with van der Waals surface area (Å²) in [5.41, 5.74) is 3.97. The Morgan fingerprint density at radius 1 is 0.931 bits per heavy atom. The lowest BCUT2D eigenvalue weighted by molar-refractivity contribution is 0.101. The third kappa shape index (κ3) is 3.78. The van der Waals surface area contributed by atoms with E-state index in [4.69, 9.17) is 0 Å². The van der Waals surface area contributed by atoms with Gasteiger partial charge in [0.2, 0.25) is 5.82 Å². The summed E-state index contributed by atoms with van der Waals surface area (Å²) >= 11 is 0. The summed E-state index contributed by atoms with van der Waals surface area (Å²) in [5.74, 6) is -0.592. The lowest BCUT2D eigenvalue weighted by atomic mass is 10.1. The molecule has 0 aliphatic rings. The molecule has 0 saturated heterocycles. The van der Waals surface area contributed by atoms with Gasteiger partial charge in [0.1, 0.15) is 5.82 Å². The van der Waals surface area contributed by atoms with Crippen molar-refractivity contribution in [2.24, 2.45) is 0 Å². The molecular formula is C23H19FN4O. The minimum atomic E-state index is -0.574. The second kappa shape index (κ2) is 7.67. The van der Waals surface area contributed by atoms with Crippen LogP contribution in [-0.2, 0) is 0 Å². The molecule has 4 rings (SSSR count). The molecule has 1 amide bonds. The molecule has 0 bridgehead atoms. The van der Waals surface area contributed by atoms with Gasteiger partial charge in [0, 0.05) is 5.56 Å². The molecule has 0 aliphatic heterocycles. The molecule has 0 fully saturated rings. The Hall–Kier alpha value is -3.80. The molecule has 0 saturated carbocycles. The molecule has 4 aromatic rings. The van der Waals surface area contributed by atoms with Gasteiger partial charge in [-0.05, 0) is 49.2 Å². The summed E-state index contributed by atoms with van der Waals surface area (Å²) in [6.07, 6.45) is 0. The van der Waals surface area contributed by atoms with Crippen LogP contribution in [0.25, 0.3) is 17.1 Å². The number of carbonyl (C=O) groups is 1. The van der Waals surface area contributed by atoms with E-state index >= 15 is 0 Å². The van der Waals surface area contributed by atoms with Gasteiger partial charge in [-0.15, -0.1) is 5.10 Å². The number of rotatable bonds is 4.